The molecule has 22 nitrogen and oxygen atoms in total. The van der Waals surface area contributed by atoms with Crippen molar-refractivity contribution in [3.63, 3.8) is 0 Å². The maximum absolute atomic E-state index is 13.4. The minimum atomic E-state index is -4.06. The van der Waals surface area contributed by atoms with Gasteiger partial charge >= 0.3 is 32.1 Å². The van der Waals surface area contributed by atoms with Gasteiger partial charge < -0.3 is 46.4 Å². The summed E-state index contributed by atoms with van der Waals surface area (Å²) in [5, 5.41) is 23.2. The molecule has 1 saturated heterocycles. The third-order valence-electron chi connectivity index (χ3n) is 11.7. The van der Waals surface area contributed by atoms with Crippen molar-refractivity contribution in [2.45, 2.75) is 147 Å². The van der Waals surface area contributed by atoms with E-state index in [2.05, 4.69) is 30.2 Å². The van der Waals surface area contributed by atoms with E-state index in [9.17, 15) is 34.2 Å². The number of aliphatic hydroxyl groups excluding tert-OH is 1. The molecule has 0 bridgehead atoms. The Morgan fingerprint density at radius 2 is 1.79 bits per heavy atom. The fourth-order valence-corrected chi connectivity index (χ4v) is 20.7. The van der Waals surface area contributed by atoms with E-state index in [1.54, 1.807) is 19.9 Å². The van der Waals surface area contributed by atoms with Gasteiger partial charge in [-0.15, -0.1) is 0 Å². The van der Waals surface area contributed by atoms with Crippen LogP contribution in [-0.4, -0.2) is 118 Å². The van der Waals surface area contributed by atoms with Crippen molar-refractivity contribution in [2.75, 3.05) is 25.1 Å². The van der Waals surface area contributed by atoms with Crippen molar-refractivity contribution in [2.24, 2.45) is 11.8 Å². The van der Waals surface area contributed by atoms with E-state index < -0.39 is 98.8 Å². The van der Waals surface area contributed by atoms with E-state index in [1.807, 2.05) is 61.5 Å². The number of rotatable bonds is 24. The highest BCUT2D eigenvalue weighted by Gasteiger charge is 2.60. The van der Waals surface area contributed by atoms with E-state index >= 15 is 0 Å². The van der Waals surface area contributed by atoms with Crippen LogP contribution in [0.5, 0.6) is 5.88 Å². The number of H-pyrrole nitrogens is 1. The fourth-order valence-electron chi connectivity index (χ4n) is 8.07. The highest BCUT2D eigenvalue weighted by Crippen LogP contribution is 2.56. The number of hydrogen-bond acceptors (Lipinski definition) is 19. The van der Waals surface area contributed by atoms with Gasteiger partial charge in [-0.1, -0.05) is 69.2 Å². The number of carbonyl (C=O) groups excluding carboxylic acids is 1. The molecule has 1 aliphatic heterocycles. The zero-order valence-electron chi connectivity index (χ0n) is 38.9. The van der Waals surface area contributed by atoms with Gasteiger partial charge in [-0.2, -0.15) is 10.2 Å². The van der Waals surface area contributed by atoms with Crippen LogP contribution in [0.25, 0.3) is 11.2 Å². The summed E-state index contributed by atoms with van der Waals surface area (Å²) in [6, 6.07) is 3.60. The fraction of sp³-hybridized carbons (Fsp3) is 0.718. The topological polar surface area (TPSA) is 294 Å². The largest absolute Gasteiger partial charge is 0.474 e. The predicted octanol–water partition coefficient (Wildman–Crippen LogP) is 5.49. The van der Waals surface area contributed by atoms with Crippen molar-refractivity contribution in [1.82, 2.24) is 29.5 Å². The average Bonchev–Trinajstić information content (AvgIpc) is 3.94. The molecule has 5 N–H and O–H groups in total. The summed E-state index contributed by atoms with van der Waals surface area (Å²) in [6.07, 6.45) is -1.83. The number of nitrogens with zero attached hydrogens (tertiary/aromatic N) is 6. The quantitative estimate of drug-likeness (QED) is 0.0421. The van der Waals surface area contributed by atoms with Crippen LogP contribution in [0.2, 0.25) is 22.2 Å². The highest BCUT2D eigenvalue weighted by molar-refractivity contribution is 8.07. The van der Waals surface area contributed by atoms with Crippen LogP contribution in [0.4, 0.5) is 5.95 Å². The van der Waals surface area contributed by atoms with Crippen molar-refractivity contribution in [1.29, 1.82) is 5.26 Å². The lowest BCUT2D eigenvalue weighted by Gasteiger charge is -2.47. The van der Waals surface area contributed by atoms with Gasteiger partial charge in [-0.3, -0.25) is 33.5 Å². The SMILES string of the molecule is CC(C)C(=O)Nc1nc2c(ncn2[C@@H]2O[C@H](CO)[C@@H](O[Si](O[Si](O)(C(C)C)C(C)C)(C(C)C)C(C)C)[C@@H]2OP(=S)(OCCC#N)OC[C@H]2C[C@@H](Oc3ccncn3)C[C@@H]2O[PH](=O)O)c(=O)[nH]1. The molecule has 0 spiro atoms. The maximum atomic E-state index is 13.4. The molecule has 2 unspecified atom stereocenters. The Kier molecular flexibility index (Phi) is 18.9. The lowest BCUT2D eigenvalue weighted by Crippen LogP contribution is -2.62. The highest BCUT2D eigenvalue weighted by atomic mass is 32.5. The van der Waals surface area contributed by atoms with Crippen molar-refractivity contribution < 1.29 is 60.3 Å². The first-order valence-electron chi connectivity index (χ1n) is 22.0. The van der Waals surface area contributed by atoms with E-state index in [0.29, 0.717) is 5.88 Å². The Morgan fingerprint density at radius 1 is 1.09 bits per heavy atom. The van der Waals surface area contributed by atoms with Crippen LogP contribution in [0, 0.1) is 23.2 Å². The van der Waals surface area contributed by atoms with Crippen LogP contribution in [0.3, 0.4) is 0 Å². The third-order valence-corrected chi connectivity index (χ3v) is 24.3. The van der Waals surface area contributed by atoms with Crippen LogP contribution < -0.4 is 15.6 Å². The van der Waals surface area contributed by atoms with Gasteiger partial charge in [-0.05, 0) is 40.4 Å². The molecule has 27 heteroatoms. The number of nitrogens with one attached hydrogen (secondary N) is 2. The smallest absolute Gasteiger partial charge is 0.335 e. The third kappa shape index (κ3) is 12.6. The zero-order chi connectivity index (χ0) is 48.7. The minimum Gasteiger partial charge on any atom is -0.474 e. The number of amides is 1. The lowest BCUT2D eigenvalue weighted by molar-refractivity contribution is -0.118. The normalized spacial score (nSPS) is 24.2. The first-order chi connectivity index (χ1) is 31.1. The molecule has 1 aliphatic carbocycles. The second kappa shape index (κ2) is 23.1. The van der Waals surface area contributed by atoms with Gasteiger partial charge in [-0.25, -0.2) is 15.0 Å². The summed E-state index contributed by atoms with van der Waals surface area (Å²) >= 11 is 6.14. The number of anilines is 1. The molecule has 2 fully saturated rings. The number of imidazole rings is 1. The Hall–Kier alpha value is -2.90. The van der Waals surface area contributed by atoms with E-state index in [4.69, 9.17) is 47.9 Å². The van der Waals surface area contributed by atoms with Gasteiger partial charge in [0.1, 0.15) is 30.7 Å². The number of carbonyl (C=O) groups is 1. The monoisotopic (exact) mass is 1020 g/mol. The van der Waals surface area contributed by atoms with Crippen LogP contribution in [0.1, 0.15) is 94.7 Å². The second-order valence-electron chi connectivity index (χ2n) is 17.9. The summed E-state index contributed by atoms with van der Waals surface area (Å²) in [5.74, 6) is -1.30. The summed E-state index contributed by atoms with van der Waals surface area (Å²) in [6.45, 7) is 13.7. The molecule has 2 aliphatic rings. The molecule has 4 heterocycles. The first-order valence-corrected chi connectivity index (χ1v) is 29.8. The molecular formula is C39H64N8O14P2SSi2. The van der Waals surface area contributed by atoms with Gasteiger partial charge in [0.25, 0.3) is 5.56 Å². The second-order valence-corrected chi connectivity index (χ2v) is 30.3. The van der Waals surface area contributed by atoms with Crippen LogP contribution >= 0.6 is 15.0 Å². The van der Waals surface area contributed by atoms with Gasteiger partial charge in [0.05, 0.1) is 44.7 Å². The molecule has 0 radical (unpaired) electrons. The van der Waals surface area contributed by atoms with E-state index in [0.717, 1.165) is 0 Å². The van der Waals surface area contributed by atoms with Gasteiger partial charge in [0.2, 0.25) is 17.7 Å². The van der Waals surface area contributed by atoms with E-state index in [-0.39, 0.29) is 71.8 Å². The molecule has 368 valence electrons. The molecule has 66 heavy (non-hydrogen) atoms. The minimum absolute atomic E-state index is 0.0258. The Morgan fingerprint density at radius 3 is 2.36 bits per heavy atom. The first kappa shape index (κ1) is 54.1. The standard InChI is InChI=1S/C39H64N8O14P2SSi2/c1-22(2)36(49)45-39-44-35-32(37(50)46-39)43-21-47(35)38-34(33(30(18-48)57-38)60-66(25(7)8,26(9)10)61-65(53,23(3)4)24(5)6)59-63(64,54-15-11-13-40)55-19-27-16-28(17-29(27)58-62(51)52)56-31-12-14-41-20-42-31/h12,14,20-30,33-34,38,48,53,62H,11,15-19H2,1-10H3,(H,51,52)(H2,44,45,46,49,50)/t27-,28-,29+,30-,33-,34+,38-,63?/m1/s1. The summed E-state index contributed by atoms with van der Waals surface area (Å²) in [7, 11) is -10.6. The molecule has 9 atom stereocenters. The molecule has 5 rings (SSSR count). The predicted molar refractivity (Wildman–Crippen MR) is 249 cm³/mol. The van der Waals surface area contributed by atoms with Crippen molar-refractivity contribution in [3.8, 4) is 11.9 Å². The number of nitriles is 1. The molecule has 3 aromatic rings. The number of aromatic nitrogens is 6. The Balaban J connectivity index is 1.62. The number of aliphatic hydroxyl groups is 1. The number of ether oxygens (including phenoxy) is 2. The van der Waals surface area contributed by atoms with Gasteiger partial charge in [0, 0.05) is 30.5 Å². The summed E-state index contributed by atoms with van der Waals surface area (Å²) < 4.78 is 65.4. The maximum Gasteiger partial charge on any atom is 0.335 e. The van der Waals surface area contributed by atoms with Crippen molar-refractivity contribution >= 4 is 66.9 Å². The molecule has 0 aromatic carbocycles. The van der Waals surface area contributed by atoms with Gasteiger partial charge in [0.15, 0.2) is 17.4 Å². The molecule has 1 amide bonds. The number of hydrogen-bond donors (Lipinski definition) is 5. The lowest BCUT2D eigenvalue weighted by atomic mass is 10.1. The molecule has 1 saturated carbocycles. The average molecular weight is 1020 g/mol. The number of fused-ring (bicyclic) bond motifs is 1. The van der Waals surface area contributed by atoms with Crippen molar-refractivity contribution in [3.05, 3.63) is 35.3 Å². The number of aromatic amines is 1. The Bertz CT molecular complexity index is 2260. The summed E-state index contributed by atoms with van der Waals surface area (Å²) in [5.41, 5.74) is -1.84. The van der Waals surface area contributed by atoms with Crippen LogP contribution in [-0.2, 0) is 52.5 Å². The molecule has 3 aromatic heterocycles. The summed E-state index contributed by atoms with van der Waals surface area (Å²) in [4.78, 5) is 67.8. The molecular weight excluding hydrogens is 955 g/mol. The van der Waals surface area contributed by atoms with E-state index in [1.165, 1.54) is 23.4 Å². The van der Waals surface area contributed by atoms with Crippen LogP contribution in [0.15, 0.2) is 29.7 Å². The Labute approximate surface area is 392 Å². The zero-order valence-corrected chi connectivity index (χ0v) is 43.6.